The summed E-state index contributed by atoms with van der Waals surface area (Å²) in [6, 6.07) is 8.95. The first kappa shape index (κ1) is 21.3. The number of ketones is 1. The number of rotatable bonds is 4. The molecule has 1 aliphatic heterocycles. The first-order chi connectivity index (χ1) is 14.1. The lowest BCUT2D eigenvalue weighted by Gasteiger charge is -2.35. The fourth-order valence-corrected chi connectivity index (χ4v) is 3.24. The summed E-state index contributed by atoms with van der Waals surface area (Å²) in [6.45, 7) is 2.40. The zero-order valence-electron chi connectivity index (χ0n) is 16.0. The van der Waals surface area contributed by atoms with Crippen LogP contribution in [0.4, 0.5) is 24.5 Å². The average molecular weight is 421 g/mol. The molecule has 30 heavy (non-hydrogen) atoms. The van der Waals surface area contributed by atoms with Crippen LogP contribution >= 0.6 is 0 Å². The van der Waals surface area contributed by atoms with Gasteiger partial charge in [0.05, 0.1) is 10.5 Å². The molecule has 2 aromatic carbocycles. The summed E-state index contributed by atoms with van der Waals surface area (Å²) in [5.41, 5.74) is -0.488. The van der Waals surface area contributed by atoms with Crippen molar-refractivity contribution in [1.82, 2.24) is 4.90 Å². The smallest absolute Gasteiger partial charge is 0.362 e. The van der Waals surface area contributed by atoms with Crippen LogP contribution in [0.15, 0.2) is 42.5 Å². The van der Waals surface area contributed by atoms with Crippen LogP contribution in [0, 0.1) is 17.0 Å². The number of piperazine rings is 1. The Morgan fingerprint density at radius 1 is 1.00 bits per heavy atom. The third-order valence-corrected chi connectivity index (χ3v) is 4.92. The van der Waals surface area contributed by atoms with Crippen LogP contribution in [0.2, 0.25) is 0 Å². The molecule has 158 valence electrons. The van der Waals surface area contributed by atoms with Crippen molar-refractivity contribution in [2.45, 2.75) is 13.1 Å². The normalized spacial score (nSPS) is 14.5. The SMILES string of the molecule is Cc1ccc(C(=O)C(=O)N2CCN(c3ccc(C(F)(F)F)cc3[N+](=O)[O-])CC2)cc1. The maximum absolute atomic E-state index is 12.9. The van der Waals surface area contributed by atoms with E-state index in [4.69, 9.17) is 0 Å². The number of benzene rings is 2. The summed E-state index contributed by atoms with van der Waals surface area (Å²) in [4.78, 5) is 38.2. The van der Waals surface area contributed by atoms with Crippen molar-refractivity contribution >= 4 is 23.1 Å². The summed E-state index contributed by atoms with van der Waals surface area (Å²) in [7, 11) is 0. The van der Waals surface area contributed by atoms with Crippen molar-refractivity contribution in [2.24, 2.45) is 0 Å². The Bertz CT molecular complexity index is 982. The van der Waals surface area contributed by atoms with Crippen LogP contribution in [0.5, 0.6) is 0 Å². The van der Waals surface area contributed by atoms with Gasteiger partial charge in [-0.1, -0.05) is 29.8 Å². The second-order valence-corrected chi connectivity index (χ2v) is 6.93. The molecule has 1 aliphatic rings. The summed E-state index contributed by atoms with van der Waals surface area (Å²) in [5, 5.41) is 11.3. The number of halogens is 3. The number of carbonyl (C=O) groups excluding carboxylic acids is 2. The number of aryl methyl sites for hydroxylation is 1. The minimum absolute atomic E-state index is 0.0463. The molecule has 3 rings (SSSR count). The summed E-state index contributed by atoms with van der Waals surface area (Å²) >= 11 is 0. The molecule has 1 saturated heterocycles. The highest BCUT2D eigenvalue weighted by Crippen LogP contribution is 2.36. The van der Waals surface area contributed by atoms with Gasteiger partial charge in [-0.25, -0.2) is 0 Å². The number of amides is 1. The van der Waals surface area contributed by atoms with Crippen molar-refractivity contribution in [3.8, 4) is 0 Å². The lowest BCUT2D eigenvalue weighted by Crippen LogP contribution is -2.50. The monoisotopic (exact) mass is 421 g/mol. The molecule has 0 spiro atoms. The van der Waals surface area contributed by atoms with Crippen LogP contribution in [-0.2, 0) is 11.0 Å². The van der Waals surface area contributed by atoms with Crippen LogP contribution in [0.25, 0.3) is 0 Å². The van der Waals surface area contributed by atoms with Crippen molar-refractivity contribution in [1.29, 1.82) is 0 Å². The number of nitro groups is 1. The molecule has 0 bridgehead atoms. The maximum atomic E-state index is 12.9. The van der Waals surface area contributed by atoms with Crippen LogP contribution in [0.1, 0.15) is 21.5 Å². The number of alkyl halides is 3. The van der Waals surface area contributed by atoms with E-state index in [-0.39, 0.29) is 37.4 Å². The van der Waals surface area contributed by atoms with Crippen LogP contribution in [-0.4, -0.2) is 47.7 Å². The molecule has 0 unspecified atom stereocenters. The van der Waals surface area contributed by atoms with Gasteiger partial charge in [0.2, 0.25) is 5.78 Å². The van der Waals surface area contributed by atoms with Gasteiger partial charge in [-0.3, -0.25) is 19.7 Å². The van der Waals surface area contributed by atoms with Gasteiger partial charge in [0.25, 0.3) is 11.6 Å². The number of hydrogen-bond donors (Lipinski definition) is 0. The molecule has 0 N–H and O–H groups in total. The van der Waals surface area contributed by atoms with Gasteiger partial charge in [0, 0.05) is 37.8 Å². The summed E-state index contributed by atoms with van der Waals surface area (Å²) in [6.07, 6.45) is -4.69. The molecule has 0 aliphatic carbocycles. The highest BCUT2D eigenvalue weighted by molar-refractivity contribution is 6.42. The quantitative estimate of drug-likeness (QED) is 0.327. The Balaban J connectivity index is 1.72. The Labute approximate surface area is 169 Å². The molecule has 1 amide bonds. The van der Waals surface area contributed by atoms with Gasteiger partial charge in [-0.05, 0) is 19.1 Å². The molecule has 0 saturated carbocycles. The van der Waals surface area contributed by atoms with Gasteiger partial charge in [-0.15, -0.1) is 0 Å². The fraction of sp³-hybridized carbons (Fsp3) is 0.300. The minimum Gasteiger partial charge on any atom is -0.362 e. The van der Waals surface area contributed by atoms with Crippen molar-refractivity contribution in [3.05, 3.63) is 69.3 Å². The lowest BCUT2D eigenvalue weighted by molar-refractivity contribution is -0.384. The average Bonchev–Trinajstić information content (AvgIpc) is 2.72. The topological polar surface area (TPSA) is 83.8 Å². The number of nitrogens with zero attached hydrogens (tertiary/aromatic N) is 3. The first-order valence-electron chi connectivity index (χ1n) is 9.09. The molecule has 2 aromatic rings. The van der Waals surface area contributed by atoms with E-state index in [1.54, 1.807) is 29.2 Å². The molecule has 1 heterocycles. The second kappa shape index (κ2) is 8.13. The predicted molar refractivity (Wildman–Crippen MR) is 102 cm³/mol. The Morgan fingerprint density at radius 2 is 1.60 bits per heavy atom. The summed E-state index contributed by atoms with van der Waals surface area (Å²) < 4.78 is 38.6. The highest BCUT2D eigenvalue weighted by Gasteiger charge is 2.35. The summed E-state index contributed by atoms with van der Waals surface area (Å²) in [5.74, 6) is -1.33. The van der Waals surface area contributed by atoms with E-state index in [1.165, 1.54) is 4.90 Å². The number of nitro benzene ring substituents is 1. The van der Waals surface area contributed by atoms with E-state index in [0.717, 1.165) is 17.7 Å². The van der Waals surface area contributed by atoms with Crippen LogP contribution in [0.3, 0.4) is 0 Å². The second-order valence-electron chi connectivity index (χ2n) is 6.93. The zero-order valence-corrected chi connectivity index (χ0v) is 16.0. The Morgan fingerprint density at radius 3 is 2.13 bits per heavy atom. The standard InChI is InChI=1S/C20H18F3N3O4/c1-13-2-4-14(5-3-13)18(27)19(28)25-10-8-24(9-11-25)16-7-6-15(20(21,22)23)12-17(16)26(29)30/h2-7,12H,8-11H2,1H3. The Hall–Kier alpha value is -3.43. The molecule has 7 nitrogen and oxygen atoms in total. The molecule has 1 fully saturated rings. The number of anilines is 1. The van der Waals surface area contributed by atoms with Crippen molar-refractivity contribution in [3.63, 3.8) is 0 Å². The third kappa shape index (κ3) is 4.42. The van der Waals surface area contributed by atoms with E-state index in [0.29, 0.717) is 6.07 Å². The third-order valence-electron chi connectivity index (χ3n) is 4.92. The van der Waals surface area contributed by atoms with E-state index < -0.39 is 34.0 Å². The highest BCUT2D eigenvalue weighted by atomic mass is 19.4. The molecule has 10 heteroatoms. The zero-order chi connectivity index (χ0) is 22.1. The fourth-order valence-electron chi connectivity index (χ4n) is 3.24. The molecular weight excluding hydrogens is 403 g/mol. The van der Waals surface area contributed by atoms with Crippen molar-refractivity contribution < 1.29 is 27.7 Å². The number of carbonyl (C=O) groups is 2. The van der Waals surface area contributed by atoms with Gasteiger partial charge < -0.3 is 9.80 Å². The molecular formula is C20H18F3N3O4. The largest absolute Gasteiger partial charge is 0.416 e. The van der Waals surface area contributed by atoms with E-state index in [9.17, 15) is 32.9 Å². The van der Waals surface area contributed by atoms with Gasteiger partial charge in [0.15, 0.2) is 0 Å². The predicted octanol–water partition coefficient (Wildman–Crippen LogP) is 3.45. The van der Waals surface area contributed by atoms with Crippen molar-refractivity contribution in [2.75, 3.05) is 31.1 Å². The van der Waals surface area contributed by atoms with Crippen LogP contribution < -0.4 is 4.90 Å². The number of Topliss-reactive ketones (excluding diaryl/α,β-unsaturated/α-hetero) is 1. The Kier molecular flexibility index (Phi) is 5.77. The number of hydrogen-bond acceptors (Lipinski definition) is 5. The lowest BCUT2D eigenvalue weighted by atomic mass is 10.1. The molecule has 0 radical (unpaired) electrons. The van der Waals surface area contributed by atoms with E-state index in [2.05, 4.69) is 0 Å². The van der Waals surface area contributed by atoms with Gasteiger partial charge in [0.1, 0.15) is 5.69 Å². The van der Waals surface area contributed by atoms with Gasteiger partial charge >= 0.3 is 6.18 Å². The maximum Gasteiger partial charge on any atom is 0.416 e. The first-order valence-corrected chi connectivity index (χ1v) is 9.09. The van der Waals surface area contributed by atoms with E-state index >= 15 is 0 Å². The molecule has 0 atom stereocenters. The van der Waals surface area contributed by atoms with Gasteiger partial charge in [-0.2, -0.15) is 13.2 Å². The van der Waals surface area contributed by atoms with E-state index in [1.807, 2.05) is 6.92 Å². The molecule has 0 aromatic heterocycles. The minimum atomic E-state index is -4.69.